The Morgan fingerprint density at radius 1 is 1.12 bits per heavy atom. The summed E-state index contributed by atoms with van der Waals surface area (Å²) in [5, 5.41) is 9.43. The molecule has 0 aliphatic heterocycles. The normalized spacial score (nSPS) is 13.8. The molecule has 0 saturated heterocycles. The maximum atomic E-state index is 13.8. The van der Waals surface area contributed by atoms with Crippen molar-refractivity contribution in [3.05, 3.63) is 64.5 Å². The fourth-order valence-electron chi connectivity index (χ4n) is 3.18. The minimum atomic E-state index is -4.63. The van der Waals surface area contributed by atoms with Crippen LogP contribution in [-0.2, 0) is 28.1 Å². The first-order valence-electron chi connectivity index (χ1n) is 10.0. The molecule has 0 aromatic heterocycles. The summed E-state index contributed by atoms with van der Waals surface area (Å²) >= 11 is 0. The van der Waals surface area contributed by atoms with Gasteiger partial charge in [0.05, 0.1) is 24.3 Å². The maximum absolute atomic E-state index is 13.8. The first-order valence-corrected chi connectivity index (χ1v) is 10.9. The predicted molar refractivity (Wildman–Crippen MR) is 114 cm³/mol. The van der Waals surface area contributed by atoms with E-state index in [9.17, 15) is 27.2 Å². The number of rotatable bonds is 12. The SMILES string of the molecule is Cc1ccc(F)c(CCCOc2ccc(CCC(N)(CO)CO[PH+]=O)cc2C(F)(F)F)c1. The lowest BCUT2D eigenvalue weighted by Crippen LogP contribution is -2.47. The highest BCUT2D eigenvalue weighted by atomic mass is 31.1. The van der Waals surface area contributed by atoms with Crippen LogP contribution in [0.15, 0.2) is 36.4 Å². The van der Waals surface area contributed by atoms with Crippen molar-refractivity contribution in [2.45, 2.75) is 44.3 Å². The fourth-order valence-corrected chi connectivity index (χ4v) is 3.53. The molecular formula is C22H27F4NO4P+. The number of aliphatic hydroxyl groups excluding tert-OH is 1. The number of aliphatic hydroxyl groups is 1. The van der Waals surface area contributed by atoms with Crippen molar-refractivity contribution in [3.63, 3.8) is 0 Å². The van der Waals surface area contributed by atoms with Crippen molar-refractivity contribution in [3.8, 4) is 5.75 Å². The zero-order valence-corrected chi connectivity index (χ0v) is 18.7. The molecular weight excluding hydrogens is 449 g/mol. The molecule has 2 unspecified atom stereocenters. The van der Waals surface area contributed by atoms with Gasteiger partial charge in [-0.25, -0.2) is 4.39 Å². The number of ether oxygens (including phenoxy) is 1. The summed E-state index contributed by atoms with van der Waals surface area (Å²) in [6, 6.07) is 8.46. The molecule has 2 aromatic carbocycles. The van der Waals surface area contributed by atoms with E-state index in [1.54, 1.807) is 12.1 Å². The van der Waals surface area contributed by atoms with E-state index < -0.39 is 32.6 Å². The molecule has 0 radical (unpaired) electrons. The van der Waals surface area contributed by atoms with Crippen LogP contribution in [0.1, 0.15) is 35.1 Å². The molecule has 3 N–H and O–H groups in total. The van der Waals surface area contributed by atoms with Crippen molar-refractivity contribution >= 4 is 8.69 Å². The van der Waals surface area contributed by atoms with Gasteiger partial charge in [0, 0.05) is 0 Å². The summed E-state index contributed by atoms with van der Waals surface area (Å²) < 4.78 is 75.1. The molecule has 2 rings (SSSR count). The first kappa shape index (κ1) is 26.2. The average Bonchev–Trinajstić information content (AvgIpc) is 2.75. The number of hydrogen-bond acceptors (Lipinski definition) is 5. The Morgan fingerprint density at radius 2 is 1.88 bits per heavy atom. The summed E-state index contributed by atoms with van der Waals surface area (Å²) in [6.45, 7) is 1.19. The molecule has 0 aliphatic rings. The Balaban J connectivity index is 2.03. The highest BCUT2D eigenvalue weighted by molar-refractivity contribution is 7.17. The highest BCUT2D eigenvalue weighted by Gasteiger charge is 2.35. The molecule has 32 heavy (non-hydrogen) atoms. The Bertz CT molecular complexity index is 910. The zero-order valence-electron chi connectivity index (χ0n) is 17.7. The van der Waals surface area contributed by atoms with Gasteiger partial charge in [0.2, 0.25) is 0 Å². The van der Waals surface area contributed by atoms with Crippen LogP contribution in [0.3, 0.4) is 0 Å². The summed E-state index contributed by atoms with van der Waals surface area (Å²) in [4.78, 5) is 0. The van der Waals surface area contributed by atoms with E-state index in [0.717, 1.165) is 11.6 Å². The van der Waals surface area contributed by atoms with E-state index in [4.69, 9.17) is 15.0 Å². The second kappa shape index (κ2) is 11.7. The van der Waals surface area contributed by atoms with Crippen molar-refractivity contribution in [1.29, 1.82) is 0 Å². The number of nitrogens with two attached hydrogens (primary N) is 1. The molecule has 0 spiro atoms. The quantitative estimate of drug-likeness (QED) is 0.263. The van der Waals surface area contributed by atoms with Crippen LogP contribution >= 0.6 is 8.69 Å². The molecule has 0 bridgehead atoms. The monoisotopic (exact) mass is 476 g/mol. The van der Waals surface area contributed by atoms with Gasteiger partial charge in [0.1, 0.15) is 18.2 Å². The van der Waals surface area contributed by atoms with Crippen LogP contribution in [0.4, 0.5) is 17.6 Å². The van der Waals surface area contributed by atoms with Crippen LogP contribution in [0, 0.1) is 12.7 Å². The average molecular weight is 476 g/mol. The van der Waals surface area contributed by atoms with E-state index in [-0.39, 0.29) is 37.6 Å². The lowest BCUT2D eigenvalue weighted by atomic mass is 9.93. The number of benzene rings is 2. The molecule has 0 heterocycles. The molecule has 5 nitrogen and oxygen atoms in total. The van der Waals surface area contributed by atoms with Gasteiger partial charge >= 0.3 is 14.9 Å². The fraction of sp³-hybridized carbons (Fsp3) is 0.455. The summed E-state index contributed by atoms with van der Waals surface area (Å²) in [5.74, 6) is -0.654. The van der Waals surface area contributed by atoms with E-state index >= 15 is 0 Å². The second-order valence-corrected chi connectivity index (χ2v) is 8.22. The third-order valence-corrected chi connectivity index (χ3v) is 5.31. The molecule has 2 atom stereocenters. The third-order valence-electron chi connectivity index (χ3n) is 5.04. The third kappa shape index (κ3) is 7.81. The smallest absolute Gasteiger partial charge is 0.493 e. The van der Waals surface area contributed by atoms with Crippen LogP contribution in [0.2, 0.25) is 0 Å². The van der Waals surface area contributed by atoms with Crippen LogP contribution < -0.4 is 10.5 Å². The van der Waals surface area contributed by atoms with Gasteiger partial charge in [-0.3, -0.25) is 0 Å². The highest BCUT2D eigenvalue weighted by Crippen LogP contribution is 2.37. The van der Waals surface area contributed by atoms with Gasteiger partial charge in [-0.05, 0) is 66.5 Å². The molecule has 0 saturated carbocycles. The van der Waals surface area contributed by atoms with Gasteiger partial charge in [0.15, 0.2) is 0 Å². The van der Waals surface area contributed by atoms with Crippen LogP contribution in [-0.4, -0.2) is 30.5 Å². The Hall–Kier alpha value is -2.06. The van der Waals surface area contributed by atoms with Crippen molar-refractivity contribution < 1.29 is 36.5 Å². The van der Waals surface area contributed by atoms with E-state index in [0.29, 0.717) is 24.0 Å². The van der Waals surface area contributed by atoms with Crippen molar-refractivity contribution in [2.75, 3.05) is 19.8 Å². The molecule has 0 aliphatic carbocycles. The largest absolute Gasteiger partial charge is 0.494 e. The number of halogens is 4. The van der Waals surface area contributed by atoms with Gasteiger partial charge in [-0.1, -0.05) is 23.8 Å². The standard InChI is InChI=1S/C22H27F4NO4P/c1-15-4-6-19(23)17(11-15)3-2-10-30-20-7-5-16(12-18(20)22(24,25)26)8-9-21(27,13-28)14-31-32-29/h4-7,11-12,28,32H,2-3,8-10,13-14,27H2,1H3/q+1. The van der Waals surface area contributed by atoms with Crippen molar-refractivity contribution in [1.82, 2.24) is 0 Å². The minimum Gasteiger partial charge on any atom is -0.493 e. The molecule has 10 heteroatoms. The van der Waals surface area contributed by atoms with E-state index in [2.05, 4.69) is 0 Å². The zero-order chi connectivity index (χ0) is 23.8. The summed E-state index contributed by atoms with van der Waals surface area (Å²) in [7, 11) is -1.04. The van der Waals surface area contributed by atoms with E-state index in [1.165, 1.54) is 18.2 Å². The number of aryl methyl sites for hydroxylation is 3. The predicted octanol–water partition coefficient (Wildman–Crippen LogP) is 4.74. The second-order valence-electron chi connectivity index (χ2n) is 7.77. The number of alkyl halides is 3. The maximum Gasteiger partial charge on any atom is 0.494 e. The van der Waals surface area contributed by atoms with Gasteiger partial charge in [0.25, 0.3) is 0 Å². The van der Waals surface area contributed by atoms with Gasteiger partial charge < -0.3 is 15.6 Å². The lowest BCUT2D eigenvalue weighted by Gasteiger charge is -2.24. The van der Waals surface area contributed by atoms with Crippen LogP contribution in [0.25, 0.3) is 0 Å². The molecule has 0 fully saturated rings. The number of hydrogen-bond donors (Lipinski definition) is 2. The molecule has 2 aromatic rings. The lowest BCUT2D eigenvalue weighted by molar-refractivity contribution is -0.139. The molecule has 176 valence electrons. The summed E-state index contributed by atoms with van der Waals surface area (Å²) in [6.07, 6.45) is -3.64. The topological polar surface area (TPSA) is 81.8 Å². The molecule has 0 amide bonds. The van der Waals surface area contributed by atoms with Gasteiger partial charge in [-0.15, -0.1) is 4.52 Å². The first-order chi connectivity index (χ1) is 15.1. The Labute approximate surface area is 185 Å². The van der Waals surface area contributed by atoms with Crippen LogP contribution in [0.5, 0.6) is 5.75 Å². The summed E-state index contributed by atoms with van der Waals surface area (Å²) in [5.41, 5.74) is 5.58. The minimum absolute atomic E-state index is 0.000452. The van der Waals surface area contributed by atoms with Crippen molar-refractivity contribution in [2.24, 2.45) is 5.73 Å². The van der Waals surface area contributed by atoms with E-state index in [1.807, 2.05) is 6.92 Å². The Kier molecular flexibility index (Phi) is 9.58. The van der Waals surface area contributed by atoms with Gasteiger partial charge in [-0.2, -0.15) is 13.2 Å². The Morgan fingerprint density at radius 3 is 2.53 bits per heavy atom.